The SMILES string of the molecule is CC(C)C(NC(=O)c1ccc(S(C)(=O)=O)cc1)c1ccccc1. The smallest absolute Gasteiger partial charge is 0.251 e. The van der Waals surface area contributed by atoms with Crippen molar-refractivity contribution in [3.63, 3.8) is 0 Å². The van der Waals surface area contributed by atoms with Gasteiger partial charge in [0.05, 0.1) is 10.9 Å². The molecule has 0 fully saturated rings. The maximum Gasteiger partial charge on any atom is 0.251 e. The first-order chi connectivity index (χ1) is 10.8. The van der Waals surface area contributed by atoms with Gasteiger partial charge in [-0.25, -0.2) is 8.42 Å². The van der Waals surface area contributed by atoms with E-state index in [1.54, 1.807) is 0 Å². The summed E-state index contributed by atoms with van der Waals surface area (Å²) in [6.45, 7) is 4.09. The van der Waals surface area contributed by atoms with Crippen molar-refractivity contribution in [2.45, 2.75) is 24.8 Å². The largest absolute Gasteiger partial charge is 0.345 e. The van der Waals surface area contributed by atoms with E-state index < -0.39 is 9.84 Å². The fourth-order valence-electron chi connectivity index (χ4n) is 2.37. The van der Waals surface area contributed by atoms with Gasteiger partial charge in [0.1, 0.15) is 0 Å². The Bertz CT molecular complexity index is 766. The molecule has 2 rings (SSSR count). The first kappa shape index (κ1) is 17.2. The Balaban J connectivity index is 2.19. The van der Waals surface area contributed by atoms with Gasteiger partial charge in [-0.1, -0.05) is 44.2 Å². The lowest BCUT2D eigenvalue weighted by Gasteiger charge is -2.23. The van der Waals surface area contributed by atoms with Crippen LogP contribution < -0.4 is 5.32 Å². The van der Waals surface area contributed by atoms with Crippen LogP contribution in [0.15, 0.2) is 59.5 Å². The summed E-state index contributed by atoms with van der Waals surface area (Å²) in [6.07, 6.45) is 1.15. The number of benzene rings is 2. The fourth-order valence-corrected chi connectivity index (χ4v) is 3.00. The van der Waals surface area contributed by atoms with E-state index >= 15 is 0 Å². The molecule has 0 heterocycles. The van der Waals surface area contributed by atoms with Crippen LogP contribution in [0.4, 0.5) is 0 Å². The lowest BCUT2D eigenvalue weighted by Crippen LogP contribution is -2.31. The minimum Gasteiger partial charge on any atom is -0.345 e. The van der Waals surface area contributed by atoms with Gasteiger partial charge in [0.25, 0.3) is 5.91 Å². The Morgan fingerprint density at radius 1 is 0.957 bits per heavy atom. The molecule has 5 heteroatoms. The minimum atomic E-state index is -3.26. The average molecular weight is 331 g/mol. The predicted molar refractivity (Wildman–Crippen MR) is 91.0 cm³/mol. The minimum absolute atomic E-state index is 0.0988. The van der Waals surface area contributed by atoms with Gasteiger partial charge in [0.15, 0.2) is 9.84 Å². The first-order valence-electron chi connectivity index (χ1n) is 7.45. The monoisotopic (exact) mass is 331 g/mol. The highest BCUT2D eigenvalue weighted by atomic mass is 32.2. The highest BCUT2D eigenvalue weighted by Gasteiger charge is 2.19. The average Bonchev–Trinajstić information content (AvgIpc) is 2.52. The molecule has 122 valence electrons. The van der Waals surface area contributed by atoms with Crippen LogP contribution in [0.3, 0.4) is 0 Å². The molecule has 2 aromatic rings. The number of hydrogen-bond acceptors (Lipinski definition) is 3. The summed E-state index contributed by atoms with van der Waals surface area (Å²) in [5.74, 6) is 0.0178. The van der Waals surface area contributed by atoms with Gasteiger partial charge in [-0.05, 0) is 35.7 Å². The Kier molecular flexibility index (Phi) is 5.21. The molecule has 0 aliphatic heterocycles. The van der Waals surface area contributed by atoms with Crippen LogP contribution in [-0.4, -0.2) is 20.6 Å². The lowest BCUT2D eigenvalue weighted by atomic mass is 9.95. The summed E-state index contributed by atoms with van der Waals surface area (Å²) < 4.78 is 22.9. The molecule has 0 bridgehead atoms. The maximum absolute atomic E-state index is 12.4. The Morgan fingerprint density at radius 3 is 2.00 bits per heavy atom. The van der Waals surface area contributed by atoms with Gasteiger partial charge in [0, 0.05) is 11.8 Å². The van der Waals surface area contributed by atoms with E-state index in [2.05, 4.69) is 5.32 Å². The second-order valence-electron chi connectivity index (χ2n) is 5.90. The van der Waals surface area contributed by atoms with E-state index in [9.17, 15) is 13.2 Å². The molecule has 0 radical (unpaired) electrons. The Hall–Kier alpha value is -2.14. The molecule has 1 amide bonds. The molecule has 2 aromatic carbocycles. The predicted octanol–water partition coefficient (Wildman–Crippen LogP) is 3.22. The topological polar surface area (TPSA) is 63.2 Å². The van der Waals surface area contributed by atoms with Gasteiger partial charge in [-0.15, -0.1) is 0 Å². The van der Waals surface area contributed by atoms with Crippen LogP contribution in [-0.2, 0) is 9.84 Å². The third-order valence-corrected chi connectivity index (χ3v) is 4.79. The molecule has 0 aromatic heterocycles. The van der Waals surface area contributed by atoms with Crippen molar-refractivity contribution >= 4 is 15.7 Å². The van der Waals surface area contributed by atoms with Gasteiger partial charge in [0.2, 0.25) is 0 Å². The summed E-state index contributed by atoms with van der Waals surface area (Å²) in [5, 5.41) is 3.02. The molecule has 4 nitrogen and oxygen atoms in total. The summed E-state index contributed by atoms with van der Waals surface area (Å²) in [4.78, 5) is 12.6. The standard InChI is InChI=1S/C18H21NO3S/c1-13(2)17(14-7-5-4-6-8-14)19-18(20)15-9-11-16(12-10-15)23(3,21)22/h4-13,17H,1-3H3,(H,19,20). The highest BCUT2D eigenvalue weighted by molar-refractivity contribution is 7.90. The van der Waals surface area contributed by atoms with Crippen molar-refractivity contribution in [2.24, 2.45) is 5.92 Å². The molecule has 1 atom stereocenters. The van der Waals surface area contributed by atoms with Gasteiger partial charge in [-0.2, -0.15) is 0 Å². The molecule has 0 spiro atoms. The van der Waals surface area contributed by atoms with Crippen LogP contribution in [0.25, 0.3) is 0 Å². The van der Waals surface area contributed by atoms with Gasteiger partial charge in [-0.3, -0.25) is 4.79 Å². The number of rotatable bonds is 5. The van der Waals surface area contributed by atoms with Crippen LogP contribution in [0, 0.1) is 5.92 Å². The van der Waals surface area contributed by atoms with Crippen LogP contribution in [0.1, 0.15) is 35.8 Å². The quantitative estimate of drug-likeness (QED) is 0.915. The molecule has 1 unspecified atom stereocenters. The van der Waals surface area contributed by atoms with E-state index in [4.69, 9.17) is 0 Å². The maximum atomic E-state index is 12.4. The summed E-state index contributed by atoms with van der Waals surface area (Å²) in [7, 11) is -3.26. The zero-order valence-corrected chi connectivity index (χ0v) is 14.3. The lowest BCUT2D eigenvalue weighted by molar-refractivity contribution is 0.0925. The van der Waals surface area contributed by atoms with Crippen molar-refractivity contribution in [1.29, 1.82) is 0 Å². The van der Waals surface area contributed by atoms with Crippen LogP contribution in [0.5, 0.6) is 0 Å². The van der Waals surface area contributed by atoms with Crippen molar-refractivity contribution < 1.29 is 13.2 Å². The Labute approximate surface area is 137 Å². The zero-order chi connectivity index (χ0) is 17.0. The summed E-state index contributed by atoms with van der Waals surface area (Å²) >= 11 is 0. The van der Waals surface area contributed by atoms with Crippen molar-refractivity contribution in [3.05, 3.63) is 65.7 Å². The molecule has 0 saturated heterocycles. The number of amides is 1. The molecular formula is C18H21NO3S. The summed E-state index contributed by atoms with van der Waals surface area (Å²) in [6, 6.07) is 15.7. The Morgan fingerprint density at radius 2 is 1.52 bits per heavy atom. The number of sulfone groups is 1. The third kappa shape index (κ3) is 4.42. The zero-order valence-electron chi connectivity index (χ0n) is 13.5. The van der Waals surface area contributed by atoms with Crippen molar-refractivity contribution in [3.8, 4) is 0 Å². The first-order valence-corrected chi connectivity index (χ1v) is 9.34. The van der Waals surface area contributed by atoms with E-state index in [1.807, 2.05) is 44.2 Å². The van der Waals surface area contributed by atoms with Crippen molar-refractivity contribution in [1.82, 2.24) is 5.32 Å². The van der Waals surface area contributed by atoms with E-state index in [0.29, 0.717) is 5.56 Å². The second kappa shape index (κ2) is 6.96. The molecule has 23 heavy (non-hydrogen) atoms. The van der Waals surface area contributed by atoms with Gasteiger partial charge < -0.3 is 5.32 Å². The normalized spacial score (nSPS) is 12.9. The number of nitrogens with one attached hydrogen (secondary N) is 1. The van der Waals surface area contributed by atoms with Gasteiger partial charge >= 0.3 is 0 Å². The van der Waals surface area contributed by atoms with E-state index in [-0.39, 0.29) is 22.8 Å². The molecule has 0 aliphatic carbocycles. The van der Waals surface area contributed by atoms with Crippen LogP contribution in [0.2, 0.25) is 0 Å². The van der Waals surface area contributed by atoms with Crippen molar-refractivity contribution in [2.75, 3.05) is 6.26 Å². The molecule has 0 aliphatic rings. The molecule has 1 N–H and O–H groups in total. The molecular weight excluding hydrogens is 310 g/mol. The second-order valence-corrected chi connectivity index (χ2v) is 7.92. The number of carbonyl (C=O) groups is 1. The molecule has 0 saturated carbocycles. The highest BCUT2D eigenvalue weighted by Crippen LogP contribution is 2.22. The fraction of sp³-hybridized carbons (Fsp3) is 0.278. The van der Waals surface area contributed by atoms with E-state index in [1.165, 1.54) is 24.3 Å². The number of hydrogen-bond donors (Lipinski definition) is 1. The van der Waals surface area contributed by atoms with E-state index in [0.717, 1.165) is 11.8 Å². The van der Waals surface area contributed by atoms with Crippen LogP contribution >= 0.6 is 0 Å². The number of carbonyl (C=O) groups excluding carboxylic acids is 1. The summed E-state index contributed by atoms with van der Waals surface area (Å²) in [5.41, 5.74) is 1.49. The third-order valence-electron chi connectivity index (χ3n) is 3.66.